The van der Waals surface area contributed by atoms with E-state index in [1.807, 2.05) is 11.8 Å². The van der Waals surface area contributed by atoms with Crippen molar-refractivity contribution in [2.45, 2.75) is 25.6 Å². The zero-order valence-electron chi connectivity index (χ0n) is 11.7. The van der Waals surface area contributed by atoms with Gasteiger partial charge in [-0.15, -0.1) is 12.4 Å². The average molecular weight is 327 g/mol. The molecule has 0 saturated carbocycles. The molecule has 0 aromatic heterocycles. The normalized spacial score (nSPS) is 18.1. The molecule has 21 heavy (non-hydrogen) atoms. The van der Waals surface area contributed by atoms with Crippen LogP contribution in [0.15, 0.2) is 18.2 Å². The fourth-order valence-corrected chi connectivity index (χ4v) is 2.79. The highest BCUT2D eigenvalue weighted by Gasteiger charge is 2.39. The third-order valence-corrected chi connectivity index (χ3v) is 3.67. The Hall–Kier alpha value is -0.850. The highest BCUT2D eigenvalue weighted by atomic mass is 35.5. The summed E-state index contributed by atoms with van der Waals surface area (Å²) in [4.78, 5) is 1.99. The average Bonchev–Trinajstić information content (AvgIpc) is 2.39. The molecule has 1 fully saturated rings. The topological polar surface area (TPSA) is 15.3 Å². The number of hydrogen-bond acceptors (Lipinski definition) is 2. The minimum absolute atomic E-state index is 0. The molecule has 7 heteroatoms. The van der Waals surface area contributed by atoms with Crippen molar-refractivity contribution in [3.8, 4) is 0 Å². The van der Waals surface area contributed by atoms with Gasteiger partial charge in [0.25, 0.3) is 0 Å². The van der Waals surface area contributed by atoms with Gasteiger partial charge in [0, 0.05) is 32.2 Å². The lowest BCUT2D eigenvalue weighted by Crippen LogP contribution is -2.45. The lowest BCUT2D eigenvalue weighted by Gasteiger charge is -2.35. The van der Waals surface area contributed by atoms with E-state index in [9.17, 15) is 17.6 Å². The largest absolute Gasteiger partial charge is 0.419 e. The summed E-state index contributed by atoms with van der Waals surface area (Å²) in [5, 5.41) is 3.16. The zero-order valence-corrected chi connectivity index (χ0v) is 12.5. The number of halogens is 5. The van der Waals surface area contributed by atoms with Crippen LogP contribution in [0.1, 0.15) is 30.5 Å². The smallest absolute Gasteiger partial charge is 0.314 e. The molecular formula is C14H19ClF4N2. The van der Waals surface area contributed by atoms with Crippen LogP contribution < -0.4 is 5.32 Å². The lowest BCUT2D eigenvalue weighted by molar-refractivity contribution is -0.141. The Morgan fingerprint density at radius 3 is 2.38 bits per heavy atom. The van der Waals surface area contributed by atoms with Crippen LogP contribution in [-0.4, -0.2) is 31.1 Å². The fraction of sp³-hybridized carbons (Fsp3) is 0.571. The van der Waals surface area contributed by atoms with Crippen LogP contribution in [0, 0.1) is 5.82 Å². The van der Waals surface area contributed by atoms with E-state index in [1.54, 1.807) is 0 Å². The Balaban J connectivity index is 0.00000220. The third kappa shape index (κ3) is 4.08. The van der Waals surface area contributed by atoms with Gasteiger partial charge in [0.05, 0.1) is 5.56 Å². The van der Waals surface area contributed by atoms with Gasteiger partial charge in [0.1, 0.15) is 5.82 Å². The van der Waals surface area contributed by atoms with Crippen molar-refractivity contribution in [1.82, 2.24) is 10.2 Å². The molecule has 1 heterocycles. The van der Waals surface area contributed by atoms with Gasteiger partial charge < -0.3 is 5.32 Å². The van der Waals surface area contributed by atoms with E-state index < -0.39 is 23.6 Å². The Morgan fingerprint density at radius 1 is 1.24 bits per heavy atom. The number of rotatable bonds is 3. The minimum atomic E-state index is -4.66. The van der Waals surface area contributed by atoms with Gasteiger partial charge in [0.15, 0.2) is 0 Å². The van der Waals surface area contributed by atoms with E-state index in [0.717, 1.165) is 19.2 Å². The molecule has 0 spiro atoms. The number of piperazine rings is 1. The SMILES string of the molecule is CC[C@H](c1cccc(F)c1C(F)(F)F)N1CCNCC1.Cl. The molecule has 2 rings (SSSR count). The maximum Gasteiger partial charge on any atom is 0.419 e. The van der Waals surface area contributed by atoms with Crippen LogP contribution in [0.2, 0.25) is 0 Å². The monoisotopic (exact) mass is 326 g/mol. The fourth-order valence-electron chi connectivity index (χ4n) is 2.79. The van der Waals surface area contributed by atoms with Crippen molar-refractivity contribution in [1.29, 1.82) is 0 Å². The van der Waals surface area contributed by atoms with Crippen LogP contribution in [0.3, 0.4) is 0 Å². The predicted octanol–water partition coefficient (Wildman–Crippen LogP) is 3.62. The summed E-state index contributed by atoms with van der Waals surface area (Å²) < 4.78 is 53.0. The number of benzene rings is 1. The molecule has 1 aromatic rings. The molecule has 1 aromatic carbocycles. The molecule has 1 atom stereocenters. The van der Waals surface area contributed by atoms with E-state index >= 15 is 0 Å². The van der Waals surface area contributed by atoms with Crippen molar-refractivity contribution in [3.63, 3.8) is 0 Å². The van der Waals surface area contributed by atoms with Crippen molar-refractivity contribution in [2.24, 2.45) is 0 Å². The Labute approximate surface area is 127 Å². The number of hydrogen-bond donors (Lipinski definition) is 1. The molecular weight excluding hydrogens is 308 g/mol. The summed E-state index contributed by atoms with van der Waals surface area (Å²) in [6, 6.07) is 3.22. The summed E-state index contributed by atoms with van der Waals surface area (Å²) in [5.74, 6) is -1.19. The van der Waals surface area contributed by atoms with Gasteiger partial charge in [-0.1, -0.05) is 19.1 Å². The molecule has 120 valence electrons. The van der Waals surface area contributed by atoms with E-state index in [0.29, 0.717) is 19.5 Å². The van der Waals surface area contributed by atoms with E-state index in [-0.39, 0.29) is 18.0 Å². The van der Waals surface area contributed by atoms with Crippen LogP contribution >= 0.6 is 12.4 Å². The summed E-state index contributed by atoms with van der Waals surface area (Å²) in [7, 11) is 0. The third-order valence-electron chi connectivity index (χ3n) is 3.67. The number of alkyl halides is 3. The first-order valence-electron chi connectivity index (χ1n) is 6.75. The Kier molecular flexibility index (Phi) is 6.43. The summed E-state index contributed by atoms with van der Waals surface area (Å²) in [6.07, 6.45) is -4.14. The quantitative estimate of drug-likeness (QED) is 0.853. The maximum absolute atomic E-state index is 13.7. The van der Waals surface area contributed by atoms with Crippen molar-refractivity contribution >= 4 is 12.4 Å². The standard InChI is InChI=1S/C14H18F4N2.ClH/c1-2-12(20-8-6-19-7-9-20)10-4-3-5-11(15)13(10)14(16,17)18;/h3-5,12,19H,2,6-9H2,1H3;1H/t12-;/m1./s1. The molecule has 1 aliphatic heterocycles. The highest BCUT2D eigenvalue weighted by Crippen LogP contribution is 2.39. The molecule has 2 nitrogen and oxygen atoms in total. The summed E-state index contributed by atoms with van der Waals surface area (Å²) >= 11 is 0. The Morgan fingerprint density at radius 2 is 1.86 bits per heavy atom. The predicted molar refractivity (Wildman–Crippen MR) is 76.1 cm³/mol. The van der Waals surface area contributed by atoms with Gasteiger partial charge in [0.2, 0.25) is 0 Å². The summed E-state index contributed by atoms with van der Waals surface area (Å²) in [6.45, 7) is 4.66. The first-order valence-corrected chi connectivity index (χ1v) is 6.75. The van der Waals surface area contributed by atoms with Crippen LogP contribution in [0.25, 0.3) is 0 Å². The van der Waals surface area contributed by atoms with Crippen LogP contribution in [0.4, 0.5) is 17.6 Å². The minimum Gasteiger partial charge on any atom is -0.314 e. The first kappa shape index (κ1) is 18.2. The van der Waals surface area contributed by atoms with Gasteiger partial charge >= 0.3 is 6.18 Å². The lowest BCUT2D eigenvalue weighted by atomic mass is 9.95. The van der Waals surface area contributed by atoms with E-state index in [1.165, 1.54) is 12.1 Å². The van der Waals surface area contributed by atoms with Gasteiger partial charge in [-0.05, 0) is 18.1 Å². The molecule has 0 radical (unpaired) electrons. The Bertz CT molecular complexity index is 459. The molecule has 0 unspecified atom stereocenters. The second-order valence-electron chi connectivity index (χ2n) is 4.91. The van der Waals surface area contributed by atoms with Crippen molar-refractivity contribution < 1.29 is 17.6 Å². The number of nitrogens with one attached hydrogen (secondary N) is 1. The van der Waals surface area contributed by atoms with Gasteiger partial charge in [-0.2, -0.15) is 13.2 Å². The van der Waals surface area contributed by atoms with Gasteiger partial charge in [-0.3, -0.25) is 4.90 Å². The molecule has 1 saturated heterocycles. The van der Waals surface area contributed by atoms with E-state index in [4.69, 9.17) is 0 Å². The molecule has 1 N–H and O–H groups in total. The van der Waals surface area contributed by atoms with E-state index in [2.05, 4.69) is 5.32 Å². The maximum atomic E-state index is 13.7. The molecule has 0 aliphatic carbocycles. The van der Waals surface area contributed by atoms with Crippen LogP contribution in [0.5, 0.6) is 0 Å². The van der Waals surface area contributed by atoms with Crippen molar-refractivity contribution in [2.75, 3.05) is 26.2 Å². The van der Waals surface area contributed by atoms with Gasteiger partial charge in [-0.25, -0.2) is 4.39 Å². The second kappa shape index (κ2) is 7.42. The zero-order chi connectivity index (χ0) is 14.8. The molecule has 0 bridgehead atoms. The number of nitrogens with zero attached hydrogens (tertiary/aromatic N) is 1. The molecule has 1 aliphatic rings. The van der Waals surface area contributed by atoms with Crippen molar-refractivity contribution in [3.05, 3.63) is 35.1 Å². The van der Waals surface area contributed by atoms with Crippen LogP contribution in [-0.2, 0) is 6.18 Å². The molecule has 0 amide bonds. The highest BCUT2D eigenvalue weighted by molar-refractivity contribution is 5.85. The second-order valence-corrected chi connectivity index (χ2v) is 4.91. The first-order chi connectivity index (χ1) is 9.45. The summed E-state index contributed by atoms with van der Waals surface area (Å²) in [5.41, 5.74) is -1.08.